The molecule has 14 rings (SSSR count). The molecule has 1 spiro atoms. The number of para-hydroxylation sites is 3. The van der Waals surface area contributed by atoms with Gasteiger partial charge in [-0.25, -0.2) is 0 Å². The van der Waals surface area contributed by atoms with Crippen molar-refractivity contribution < 1.29 is 0 Å². The molecule has 2 nitrogen and oxygen atoms in total. The third-order valence-electron chi connectivity index (χ3n) is 14.8. The maximum Gasteiger partial charge on any atom is 0.0754 e. The lowest BCUT2D eigenvalue weighted by atomic mass is 9.65. The second-order valence-electron chi connectivity index (χ2n) is 18.4. The van der Waals surface area contributed by atoms with Gasteiger partial charge in [0.1, 0.15) is 0 Å². The molecule has 0 radical (unpaired) electrons. The van der Waals surface area contributed by atoms with Gasteiger partial charge in [-0.15, -0.1) is 0 Å². The van der Waals surface area contributed by atoms with Crippen LogP contribution in [-0.2, 0) is 5.41 Å². The van der Waals surface area contributed by atoms with Crippen LogP contribution in [-0.4, -0.2) is 4.57 Å². The summed E-state index contributed by atoms with van der Waals surface area (Å²) in [5, 5.41) is 2.57. The van der Waals surface area contributed by atoms with Crippen LogP contribution >= 0.6 is 0 Å². The fourth-order valence-corrected chi connectivity index (χ4v) is 11.8. The second kappa shape index (κ2) is 15.6. The van der Waals surface area contributed by atoms with E-state index in [4.69, 9.17) is 0 Å². The summed E-state index contributed by atoms with van der Waals surface area (Å²) >= 11 is 0. The lowest BCUT2D eigenvalue weighted by Crippen LogP contribution is -2.33. The van der Waals surface area contributed by atoms with Gasteiger partial charge in [0.05, 0.1) is 22.1 Å². The van der Waals surface area contributed by atoms with Crippen molar-refractivity contribution in [1.82, 2.24) is 4.57 Å². The lowest BCUT2D eigenvalue weighted by Gasteiger charge is -2.39. The molecule has 0 bridgehead atoms. The van der Waals surface area contributed by atoms with Crippen molar-refractivity contribution in [1.29, 1.82) is 0 Å². The van der Waals surface area contributed by atoms with Crippen LogP contribution in [0.5, 0.6) is 0 Å². The van der Waals surface area contributed by atoms with Crippen molar-refractivity contribution in [3.05, 3.63) is 289 Å². The highest BCUT2D eigenvalue weighted by Gasteiger charge is 2.50. The molecule has 0 amide bonds. The van der Waals surface area contributed by atoms with Gasteiger partial charge in [-0.2, -0.15) is 0 Å². The number of nitrogens with zero attached hydrogens (tertiary/aromatic N) is 2. The predicted octanol–water partition coefficient (Wildman–Crippen LogP) is 17.6. The fraction of sp³-hybridized carbons (Fsp3) is 0.0149. The molecule has 11 aromatic carbocycles. The van der Waals surface area contributed by atoms with E-state index in [-0.39, 0.29) is 0 Å². The van der Waals surface area contributed by atoms with Gasteiger partial charge < -0.3 is 9.47 Å². The average molecular weight is 877 g/mol. The largest absolute Gasteiger partial charge is 0.310 e. The van der Waals surface area contributed by atoms with Gasteiger partial charge in [-0.05, 0) is 132 Å². The molecule has 69 heavy (non-hydrogen) atoms. The number of hydrogen-bond donors (Lipinski definition) is 0. The Balaban J connectivity index is 0.929. The maximum absolute atomic E-state index is 2.52. The first-order valence-corrected chi connectivity index (χ1v) is 23.9. The SMILES string of the molecule is c1ccc(-c2ccc(-c3cccc(N(c4ccc(-c5ccccc5)cc4)c4cccc(-c5ccc6c(c5)C5(c7ccccc7-6)c6ccccc6-n6c7ccccc7c7cccc5c76)c4)c3)cc2)cc1. The number of anilines is 3. The molecule has 322 valence electrons. The first kappa shape index (κ1) is 39.2. The van der Waals surface area contributed by atoms with Gasteiger partial charge in [0, 0.05) is 27.8 Å². The highest BCUT2D eigenvalue weighted by atomic mass is 15.1. The number of fused-ring (bicyclic) bond motifs is 12. The highest BCUT2D eigenvalue weighted by molar-refractivity contribution is 6.13. The van der Waals surface area contributed by atoms with E-state index >= 15 is 0 Å². The zero-order chi connectivity index (χ0) is 45.5. The summed E-state index contributed by atoms with van der Waals surface area (Å²) in [4.78, 5) is 2.40. The average Bonchev–Trinajstić information content (AvgIpc) is 3.92. The summed E-state index contributed by atoms with van der Waals surface area (Å²) in [6, 6.07) is 98.5. The number of aromatic nitrogens is 1. The van der Waals surface area contributed by atoms with Crippen molar-refractivity contribution in [2.75, 3.05) is 4.90 Å². The van der Waals surface area contributed by atoms with E-state index in [1.807, 2.05) is 0 Å². The molecule has 2 aliphatic rings. The van der Waals surface area contributed by atoms with Gasteiger partial charge in [-0.1, -0.05) is 212 Å². The Morgan fingerprint density at radius 2 is 0.739 bits per heavy atom. The van der Waals surface area contributed by atoms with Gasteiger partial charge in [-0.3, -0.25) is 0 Å². The Morgan fingerprint density at radius 3 is 1.45 bits per heavy atom. The minimum absolute atomic E-state index is 0.522. The Morgan fingerprint density at radius 1 is 0.275 bits per heavy atom. The molecular weight excluding hydrogens is 833 g/mol. The number of benzene rings is 11. The van der Waals surface area contributed by atoms with Crippen LogP contribution in [0.25, 0.3) is 83.1 Å². The van der Waals surface area contributed by atoms with Gasteiger partial charge in [0.2, 0.25) is 0 Å². The molecule has 0 fully saturated rings. The van der Waals surface area contributed by atoms with Crippen LogP contribution in [0.2, 0.25) is 0 Å². The minimum Gasteiger partial charge on any atom is -0.310 e. The molecule has 0 saturated carbocycles. The molecule has 2 heteroatoms. The molecule has 12 aromatic rings. The summed E-state index contributed by atoms with van der Waals surface area (Å²) in [7, 11) is 0. The molecule has 0 saturated heterocycles. The molecule has 0 N–H and O–H groups in total. The van der Waals surface area contributed by atoms with Crippen LogP contribution in [0.1, 0.15) is 22.3 Å². The Hall–Kier alpha value is -8.98. The van der Waals surface area contributed by atoms with Crippen LogP contribution in [0.4, 0.5) is 17.1 Å². The highest BCUT2D eigenvalue weighted by Crippen LogP contribution is 2.61. The zero-order valence-corrected chi connectivity index (χ0v) is 37.8. The van der Waals surface area contributed by atoms with Crippen LogP contribution in [0.3, 0.4) is 0 Å². The van der Waals surface area contributed by atoms with Gasteiger partial charge >= 0.3 is 0 Å². The van der Waals surface area contributed by atoms with E-state index in [1.165, 1.54) is 99.8 Å². The second-order valence-corrected chi connectivity index (χ2v) is 18.4. The Labute approximate surface area is 402 Å². The molecular formula is C67H44N2. The number of rotatable bonds is 7. The summed E-state index contributed by atoms with van der Waals surface area (Å²) in [6.45, 7) is 0. The van der Waals surface area contributed by atoms with Crippen molar-refractivity contribution in [2.24, 2.45) is 0 Å². The minimum atomic E-state index is -0.522. The van der Waals surface area contributed by atoms with Crippen molar-refractivity contribution in [3.63, 3.8) is 0 Å². The normalized spacial score (nSPS) is 14.1. The zero-order valence-electron chi connectivity index (χ0n) is 37.8. The topological polar surface area (TPSA) is 8.17 Å². The molecule has 2 heterocycles. The quantitative estimate of drug-likeness (QED) is 0.155. The molecule has 1 unspecified atom stereocenters. The summed E-state index contributed by atoms with van der Waals surface area (Å²) < 4.78 is 2.52. The molecule has 1 aromatic heterocycles. The lowest BCUT2D eigenvalue weighted by molar-refractivity contribution is 0.749. The van der Waals surface area contributed by atoms with Crippen molar-refractivity contribution in [3.8, 4) is 61.3 Å². The third-order valence-corrected chi connectivity index (χ3v) is 14.8. The first-order chi connectivity index (χ1) is 34.2. The van der Waals surface area contributed by atoms with Gasteiger partial charge in [0.15, 0.2) is 0 Å². The van der Waals surface area contributed by atoms with E-state index < -0.39 is 5.41 Å². The maximum atomic E-state index is 2.52. The van der Waals surface area contributed by atoms with E-state index in [1.54, 1.807) is 0 Å². The van der Waals surface area contributed by atoms with Crippen LogP contribution in [0, 0.1) is 0 Å². The van der Waals surface area contributed by atoms with Gasteiger partial charge in [0.25, 0.3) is 0 Å². The smallest absolute Gasteiger partial charge is 0.0754 e. The van der Waals surface area contributed by atoms with Crippen molar-refractivity contribution in [2.45, 2.75) is 5.41 Å². The standard InChI is InChI=1S/C67H44N2/c1-3-16-45(17-4-1)47-32-34-49(35-33-47)50-20-13-22-54(42-50)68(53-39-36-48(37-40-53)46-18-5-2-6-19-46)55-23-14-21-51(43-55)52-38-41-57-56-24-7-9-27-60(56)67(63(57)44-52)61-28-10-12-31-65(61)69-64-30-11-8-25-58(64)59-26-15-29-62(67)66(59)69/h1-44H. The van der Waals surface area contributed by atoms with E-state index in [2.05, 4.69) is 276 Å². The third kappa shape index (κ3) is 5.99. The molecule has 1 atom stereocenters. The number of hydrogen-bond acceptors (Lipinski definition) is 1. The Kier molecular flexibility index (Phi) is 8.84. The Bertz CT molecular complexity index is 3940. The van der Waals surface area contributed by atoms with E-state index in [0.717, 1.165) is 22.6 Å². The van der Waals surface area contributed by atoms with Crippen LogP contribution < -0.4 is 4.90 Å². The molecule has 1 aliphatic carbocycles. The van der Waals surface area contributed by atoms with Crippen LogP contribution in [0.15, 0.2) is 267 Å². The predicted molar refractivity (Wildman–Crippen MR) is 288 cm³/mol. The first-order valence-electron chi connectivity index (χ1n) is 23.9. The fourth-order valence-electron chi connectivity index (χ4n) is 11.8. The summed E-state index contributed by atoms with van der Waals surface area (Å²) in [5.74, 6) is 0. The van der Waals surface area contributed by atoms with E-state index in [9.17, 15) is 0 Å². The van der Waals surface area contributed by atoms with E-state index in [0.29, 0.717) is 0 Å². The van der Waals surface area contributed by atoms with Crippen molar-refractivity contribution >= 4 is 38.9 Å². The summed E-state index contributed by atoms with van der Waals surface area (Å²) in [6.07, 6.45) is 0. The monoisotopic (exact) mass is 876 g/mol. The molecule has 1 aliphatic heterocycles. The summed E-state index contributed by atoms with van der Waals surface area (Å²) in [5.41, 5.74) is 23.9.